The van der Waals surface area contributed by atoms with Gasteiger partial charge in [-0.25, -0.2) is 0 Å². The fourth-order valence-electron chi connectivity index (χ4n) is 1.61. The summed E-state index contributed by atoms with van der Waals surface area (Å²) in [5.74, 6) is 0.471. The van der Waals surface area contributed by atoms with Crippen LogP contribution in [0.15, 0.2) is 24.5 Å². The molecule has 2 aromatic rings. The summed E-state index contributed by atoms with van der Waals surface area (Å²) in [6.45, 7) is 1.62. The van der Waals surface area contributed by atoms with Crippen molar-refractivity contribution in [3.05, 3.63) is 41.7 Å². The van der Waals surface area contributed by atoms with E-state index in [0.717, 1.165) is 6.07 Å². The number of aromatic nitrogens is 2. The van der Waals surface area contributed by atoms with Crippen molar-refractivity contribution in [2.45, 2.75) is 13.1 Å². The van der Waals surface area contributed by atoms with Gasteiger partial charge in [-0.3, -0.25) is 4.98 Å². The van der Waals surface area contributed by atoms with E-state index in [4.69, 9.17) is 0 Å². The third-order valence-corrected chi connectivity index (χ3v) is 2.38. The Morgan fingerprint density at radius 3 is 2.44 bits per heavy atom. The molecule has 6 heteroatoms. The maximum Gasteiger partial charge on any atom is 0.399 e. The third-order valence-electron chi connectivity index (χ3n) is 2.38. The molecule has 0 aliphatic heterocycles. The van der Waals surface area contributed by atoms with Crippen molar-refractivity contribution in [1.29, 1.82) is 0 Å². The van der Waals surface area contributed by atoms with Crippen molar-refractivity contribution in [2.75, 3.05) is 0 Å². The Balaban J connectivity index is 0.00000162. The summed E-state index contributed by atoms with van der Waals surface area (Å²) in [4.78, 5) is 4.01. The zero-order valence-electron chi connectivity index (χ0n) is 9.67. The van der Waals surface area contributed by atoms with Crippen LogP contribution in [-0.4, -0.2) is 9.55 Å². The van der Waals surface area contributed by atoms with E-state index in [9.17, 15) is 13.2 Å². The van der Waals surface area contributed by atoms with Gasteiger partial charge in [-0.2, -0.15) is 13.2 Å². The normalized spacial score (nSPS) is 11.2. The van der Waals surface area contributed by atoms with Crippen LogP contribution in [0.4, 0.5) is 13.2 Å². The molecule has 1 radical (unpaired) electrons. The first-order valence-corrected chi connectivity index (χ1v) is 4.97. The van der Waals surface area contributed by atoms with Crippen molar-refractivity contribution < 1.29 is 33.3 Å². The molecule has 0 amide bonds. The van der Waals surface area contributed by atoms with Gasteiger partial charge in [0.1, 0.15) is 0 Å². The van der Waals surface area contributed by atoms with Crippen LogP contribution in [0, 0.1) is 13.0 Å². The summed E-state index contributed by atoms with van der Waals surface area (Å²) in [6, 6.07) is 5.07. The van der Waals surface area contributed by atoms with Gasteiger partial charge in [-0.05, 0) is 5.56 Å². The molecule has 0 saturated heterocycles. The van der Waals surface area contributed by atoms with Gasteiger partial charge in [0, 0.05) is 39.5 Å². The molecule has 1 heterocycles. The molecule has 99 valence electrons. The summed E-state index contributed by atoms with van der Waals surface area (Å²) >= 11 is 0. The van der Waals surface area contributed by atoms with Crippen molar-refractivity contribution in [1.82, 2.24) is 9.55 Å². The molecule has 2 rings (SSSR count). The number of imidazole rings is 1. The standard InChI is InChI=1S/C12H10F3N2.Ir/c1-8-5-9(11-16-3-4-17(11)2)7-10(6-8)12(13,14)15;/h3-6H,1-2H3;/q-1;. The van der Waals surface area contributed by atoms with Gasteiger partial charge < -0.3 is 4.57 Å². The van der Waals surface area contributed by atoms with Crippen LogP contribution in [0.3, 0.4) is 0 Å². The van der Waals surface area contributed by atoms with Crippen LogP contribution >= 0.6 is 0 Å². The molecule has 0 bridgehead atoms. The molecular weight excluding hydrogens is 421 g/mol. The number of aryl methyl sites for hydroxylation is 2. The van der Waals surface area contributed by atoms with Gasteiger partial charge in [0.05, 0.1) is 5.82 Å². The van der Waals surface area contributed by atoms with E-state index < -0.39 is 11.7 Å². The molecule has 0 atom stereocenters. The molecule has 1 aromatic heterocycles. The van der Waals surface area contributed by atoms with Gasteiger partial charge >= 0.3 is 6.18 Å². The van der Waals surface area contributed by atoms with Crippen molar-refractivity contribution in [3.8, 4) is 11.4 Å². The van der Waals surface area contributed by atoms with Crippen LogP contribution in [-0.2, 0) is 33.3 Å². The Morgan fingerprint density at radius 1 is 1.28 bits per heavy atom. The number of nitrogens with zero attached hydrogens (tertiary/aromatic N) is 2. The first kappa shape index (κ1) is 14.9. The summed E-state index contributed by atoms with van der Waals surface area (Å²) in [6.07, 6.45) is -1.16. The van der Waals surface area contributed by atoms with E-state index in [2.05, 4.69) is 11.1 Å². The van der Waals surface area contributed by atoms with Gasteiger partial charge in [-0.1, -0.05) is 6.92 Å². The largest absolute Gasteiger partial charge is 0.399 e. The number of rotatable bonds is 1. The van der Waals surface area contributed by atoms with Crippen LogP contribution in [0.1, 0.15) is 11.1 Å². The molecule has 1 aromatic carbocycles. The molecule has 18 heavy (non-hydrogen) atoms. The first-order valence-electron chi connectivity index (χ1n) is 4.97. The van der Waals surface area contributed by atoms with Crippen molar-refractivity contribution >= 4 is 0 Å². The molecule has 2 nitrogen and oxygen atoms in total. The molecule has 0 saturated carbocycles. The zero-order valence-corrected chi connectivity index (χ0v) is 12.1. The number of hydrogen-bond donors (Lipinski definition) is 0. The average Bonchev–Trinajstić information content (AvgIpc) is 2.62. The average molecular weight is 431 g/mol. The Labute approximate surface area is 116 Å². The van der Waals surface area contributed by atoms with Gasteiger partial charge in [0.25, 0.3) is 0 Å². The summed E-state index contributed by atoms with van der Waals surface area (Å²) in [5.41, 5.74) is 0.120. The topological polar surface area (TPSA) is 17.8 Å². The van der Waals surface area contributed by atoms with Crippen LogP contribution in [0.25, 0.3) is 11.4 Å². The van der Waals surface area contributed by atoms with E-state index in [1.165, 1.54) is 0 Å². The van der Waals surface area contributed by atoms with Crippen LogP contribution < -0.4 is 0 Å². The molecule has 0 N–H and O–H groups in total. The fraction of sp³-hybridized carbons (Fsp3) is 0.250. The van der Waals surface area contributed by atoms with Crippen LogP contribution in [0.2, 0.25) is 0 Å². The second kappa shape index (κ2) is 5.24. The van der Waals surface area contributed by atoms with E-state index in [1.54, 1.807) is 37.0 Å². The summed E-state index contributed by atoms with van der Waals surface area (Å²) in [5, 5.41) is 0. The van der Waals surface area contributed by atoms with Crippen molar-refractivity contribution in [3.63, 3.8) is 0 Å². The minimum Gasteiger partial charge on any atom is -0.373 e. The maximum absolute atomic E-state index is 12.6. The minimum absolute atomic E-state index is 0. The SMILES string of the molecule is Cc1cc(-c2nccn2C)[c-]c(C(F)(F)F)c1.[Ir]. The summed E-state index contributed by atoms with van der Waals surface area (Å²) < 4.78 is 39.6. The third kappa shape index (κ3) is 3.00. The van der Waals surface area contributed by atoms with E-state index >= 15 is 0 Å². The predicted molar refractivity (Wildman–Crippen MR) is 57.2 cm³/mol. The van der Waals surface area contributed by atoms with Crippen molar-refractivity contribution in [2.24, 2.45) is 7.05 Å². The minimum atomic E-state index is -4.38. The summed E-state index contributed by atoms with van der Waals surface area (Å²) in [7, 11) is 1.73. The van der Waals surface area contributed by atoms with E-state index in [-0.39, 0.29) is 20.1 Å². The maximum atomic E-state index is 12.6. The molecular formula is C12H10F3IrN2-. The first-order chi connectivity index (χ1) is 7.88. The molecule has 0 spiro atoms. The molecule has 0 fully saturated rings. The fourth-order valence-corrected chi connectivity index (χ4v) is 1.61. The van der Waals surface area contributed by atoms with E-state index in [0.29, 0.717) is 17.0 Å². The van der Waals surface area contributed by atoms with Crippen LogP contribution in [0.5, 0.6) is 0 Å². The quantitative estimate of drug-likeness (QED) is 0.635. The zero-order chi connectivity index (χ0) is 12.6. The number of alkyl halides is 3. The second-order valence-corrected chi connectivity index (χ2v) is 3.84. The molecule has 0 unspecified atom stereocenters. The molecule has 0 aliphatic carbocycles. The number of benzene rings is 1. The predicted octanol–water partition coefficient (Wildman–Crippen LogP) is 3.21. The van der Waals surface area contributed by atoms with Gasteiger partial charge in [-0.15, -0.1) is 29.3 Å². The number of halogens is 3. The molecule has 0 aliphatic rings. The Hall–Kier alpha value is -1.13. The smallest absolute Gasteiger partial charge is 0.373 e. The number of hydrogen-bond acceptors (Lipinski definition) is 1. The second-order valence-electron chi connectivity index (χ2n) is 3.84. The monoisotopic (exact) mass is 432 g/mol. The van der Waals surface area contributed by atoms with E-state index in [1.807, 2.05) is 0 Å². The Kier molecular flexibility index (Phi) is 4.35. The van der Waals surface area contributed by atoms with Gasteiger partial charge in [0.15, 0.2) is 0 Å². The van der Waals surface area contributed by atoms with Gasteiger partial charge in [0.2, 0.25) is 0 Å². The Bertz CT molecular complexity index is 546. The Morgan fingerprint density at radius 2 is 1.94 bits per heavy atom.